The van der Waals surface area contributed by atoms with Crippen LogP contribution in [0.1, 0.15) is 11.1 Å². The summed E-state index contributed by atoms with van der Waals surface area (Å²) in [6, 6.07) is 18.6. The first-order valence-electron chi connectivity index (χ1n) is 6.51. The summed E-state index contributed by atoms with van der Waals surface area (Å²) in [6.45, 7) is 0. The maximum absolute atomic E-state index is 11.5. The molecule has 0 unspecified atom stereocenters. The van der Waals surface area contributed by atoms with E-state index in [0.717, 1.165) is 23.3 Å². The number of hydrogen-bond donors (Lipinski definition) is 1. The van der Waals surface area contributed by atoms with Gasteiger partial charge in [-0.15, -0.1) is 0 Å². The molecule has 0 heterocycles. The van der Waals surface area contributed by atoms with Crippen molar-refractivity contribution in [2.45, 2.75) is 0 Å². The molecule has 110 valence electrons. The molecule has 0 aliphatic carbocycles. The normalized spacial score (nSPS) is 10.9. The smallest absolute Gasteiger partial charge is 0.857 e. The zero-order valence-electron chi connectivity index (χ0n) is 12.6. The summed E-state index contributed by atoms with van der Waals surface area (Å²) in [5.41, 5.74) is 2.17. The summed E-state index contributed by atoms with van der Waals surface area (Å²) >= 11 is 0. The van der Waals surface area contributed by atoms with Crippen LogP contribution in [-0.4, -0.2) is 22.7 Å². The average Bonchev–Trinajstić information content (AvgIpc) is 2.55. The third-order valence-corrected chi connectivity index (χ3v) is 2.71. The third kappa shape index (κ3) is 5.95. The molecule has 0 radical (unpaired) electrons. The van der Waals surface area contributed by atoms with Crippen LogP contribution >= 0.6 is 0 Å². The van der Waals surface area contributed by atoms with E-state index in [4.69, 9.17) is 5.11 Å². The Morgan fingerprint density at radius 3 is 1.78 bits per heavy atom. The van der Waals surface area contributed by atoms with Gasteiger partial charge in [0.2, 0.25) is 0 Å². The second-order valence-electron chi connectivity index (χ2n) is 4.29. The minimum Gasteiger partial charge on any atom is -0.857 e. The van der Waals surface area contributed by atoms with Gasteiger partial charge in [-0.25, -0.2) is 4.79 Å². The van der Waals surface area contributed by atoms with Gasteiger partial charge < -0.3 is 10.2 Å². The van der Waals surface area contributed by atoms with Gasteiger partial charge in [-0.3, -0.25) is 0 Å². The Kier molecular flexibility index (Phi) is 7.55. The van der Waals surface area contributed by atoms with Gasteiger partial charge in [0.05, 0.1) is 0 Å². The van der Waals surface area contributed by atoms with Crippen molar-refractivity contribution in [2.24, 2.45) is 10.2 Å². The summed E-state index contributed by atoms with van der Waals surface area (Å²) in [5.74, 6) is -1.94. The summed E-state index contributed by atoms with van der Waals surface area (Å²) in [6.07, 6.45) is 1.59. The Labute approximate surface area is 145 Å². The molecular weight excluding hydrogens is 287 g/mol. The fourth-order valence-corrected chi connectivity index (χ4v) is 1.75. The van der Waals surface area contributed by atoms with Crippen LogP contribution in [0.2, 0.25) is 0 Å². The maximum Gasteiger partial charge on any atom is 1.00 e. The van der Waals surface area contributed by atoms with E-state index in [1.165, 1.54) is 0 Å². The summed E-state index contributed by atoms with van der Waals surface area (Å²) in [5, 5.41) is 27.5. The van der Waals surface area contributed by atoms with Crippen molar-refractivity contribution in [2.75, 3.05) is 0 Å². The van der Waals surface area contributed by atoms with E-state index in [-0.39, 0.29) is 18.9 Å². The van der Waals surface area contributed by atoms with Gasteiger partial charge >= 0.3 is 24.8 Å². The van der Waals surface area contributed by atoms with Crippen LogP contribution < -0.4 is 24.0 Å². The van der Waals surface area contributed by atoms with Crippen LogP contribution in [0.15, 0.2) is 83.0 Å². The van der Waals surface area contributed by atoms with Crippen molar-refractivity contribution < 1.29 is 33.9 Å². The predicted molar refractivity (Wildman–Crippen MR) is 82.7 cm³/mol. The number of carbonyl (C=O) groups is 1. The van der Waals surface area contributed by atoms with Gasteiger partial charge in [-0.1, -0.05) is 60.7 Å². The molecule has 6 heteroatoms. The molecule has 0 aliphatic heterocycles. The van der Waals surface area contributed by atoms with Gasteiger partial charge in [-0.2, -0.15) is 10.2 Å². The van der Waals surface area contributed by atoms with Crippen LogP contribution in [0.3, 0.4) is 0 Å². The molecule has 0 fully saturated rings. The largest absolute Gasteiger partial charge is 1.00 e. The molecule has 23 heavy (non-hydrogen) atoms. The standard InChI is InChI=1S/C17H14N2O3.Li/c20-15(11-12-16(21)22)18-19-17(13-7-3-1-4-8-13)14-9-5-2-6-10-14;/h1-12H,(H,18,20)(H,21,22);/q;+1/p-1/b12-11-;. The first-order chi connectivity index (χ1) is 10.7. The van der Waals surface area contributed by atoms with Crippen LogP contribution in [0.5, 0.6) is 0 Å². The minimum atomic E-state index is -1.21. The van der Waals surface area contributed by atoms with Gasteiger partial charge in [0.15, 0.2) is 0 Å². The van der Waals surface area contributed by atoms with Gasteiger partial charge in [0.25, 0.3) is 0 Å². The summed E-state index contributed by atoms with van der Waals surface area (Å²) < 4.78 is 0. The molecule has 0 spiro atoms. The molecule has 2 aromatic carbocycles. The van der Waals surface area contributed by atoms with Crippen LogP contribution in [0, 0.1) is 0 Å². The third-order valence-electron chi connectivity index (χ3n) is 2.71. The molecule has 2 aromatic rings. The Morgan fingerprint density at radius 2 is 1.35 bits per heavy atom. The zero-order chi connectivity index (χ0) is 15.8. The molecule has 1 N–H and O–H groups in total. The number of benzene rings is 2. The van der Waals surface area contributed by atoms with E-state index < -0.39 is 11.9 Å². The molecule has 0 atom stereocenters. The molecule has 5 nitrogen and oxygen atoms in total. The van der Waals surface area contributed by atoms with Gasteiger partial charge in [0, 0.05) is 23.1 Å². The van der Waals surface area contributed by atoms with Gasteiger partial charge in [-0.05, 0) is 6.08 Å². The number of carboxylic acid groups (broad SMARTS) is 1. The summed E-state index contributed by atoms with van der Waals surface area (Å²) in [7, 11) is 0. The number of nitrogens with zero attached hydrogens (tertiary/aromatic N) is 2. The van der Waals surface area contributed by atoms with Crippen molar-refractivity contribution in [1.82, 2.24) is 0 Å². The molecule has 0 saturated carbocycles. The SMILES string of the molecule is O=C(O)/C=C\C([O-])=NN=C(c1ccccc1)c1ccccc1.[Li+]. The van der Waals surface area contributed by atoms with Crippen molar-refractivity contribution in [3.8, 4) is 0 Å². The van der Waals surface area contributed by atoms with Crippen molar-refractivity contribution in [1.29, 1.82) is 0 Å². The molecule has 0 bridgehead atoms. The number of aliphatic carboxylic acids is 1. The van der Waals surface area contributed by atoms with E-state index in [2.05, 4.69) is 10.2 Å². The second-order valence-corrected chi connectivity index (χ2v) is 4.29. The molecule has 0 amide bonds. The maximum atomic E-state index is 11.5. The average molecular weight is 300 g/mol. The van der Waals surface area contributed by atoms with E-state index in [0.29, 0.717) is 5.71 Å². The number of rotatable bonds is 5. The predicted octanol–water partition coefficient (Wildman–Crippen LogP) is -1.16. The summed E-state index contributed by atoms with van der Waals surface area (Å²) in [4.78, 5) is 10.4. The fourth-order valence-electron chi connectivity index (χ4n) is 1.75. The monoisotopic (exact) mass is 300 g/mol. The Hall–Kier alpha value is -2.61. The van der Waals surface area contributed by atoms with E-state index in [1.807, 2.05) is 60.7 Å². The van der Waals surface area contributed by atoms with Crippen LogP contribution in [0.4, 0.5) is 0 Å². The van der Waals surface area contributed by atoms with Crippen LogP contribution in [-0.2, 0) is 4.79 Å². The molecule has 0 saturated heterocycles. The number of hydrogen-bond acceptors (Lipinski definition) is 4. The molecule has 0 aliphatic rings. The Bertz CT molecular complexity index is 685. The Morgan fingerprint density at radius 1 is 0.870 bits per heavy atom. The van der Waals surface area contributed by atoms with E-state index in [9.17, 15) is 9.90 Å². The van der Waals surface area contributed by atoms with E-state index >= 15 is 0 Å². The van der Waals surface area contributed by atoms with Crippen LogP contribution in [0.25, 0.3) is 0 Å². The zero-order valence-corrected chi connectivity index (χ0v) is 12.6. The molecular formula is C17H13LiN2O3. The fraction of sp³-hybridized carbons (Fsp3) is 0. The van der Waals surface area contributed by atoms with Crippen molar-refractivity contribution in [3.63, 3.8) is 0 Å². The Balaban J connectivity index is 0.00000264. The van der Waals surface area contributed by atoms with Crippen molar-refractivity contribution >= 4 is 17.6 Å². The second kappa shape index (κ2) is 9.41. The quantitative estimate of drug-likeness (QED) is 0.249. The number of carboxylic acids is 1. The van der Waals surface area contributed by atoms with Gasteiger partial charge in [0.1, 0.15) is 5.71 Å². The van der Waals surface area contributed by atoms with Crippen molar-refractivity contribution in [3.05, 3.63) is 83.9 Å². The first kappa shape index (κ1) is 18.4. The minimum absolute atomic E-state index is 0. The molecule has 2 rings (SSSR count). The first-order valence-corrected chi connectivity index (χ1v) is 6.51. The molecule has 0 aromatic heterocycles. The topological polar surface area (TPSA) is 85.1 Å². The van der Waals surface area contributed by atoms with E-state index in [1.54, 1.807) is 0 Å².